The van der Waals surface area contributed by atoms with Gasteiger partial charge in [-0.3, -0.25) is 14.4 Å². The Balaban J connectivity index is 0.000000559. The summed E-state index contributed by atoms with van der Waals surface area (Å²) in [7, 11) is 1.55. The van der Waals surface area contributed by atoms with Crippen LogP contribution in [0.4, 0.5) is 0 Å². The van der Waals surface area contributed by atoms with E-state index in [1.807, 2.05) is 13.0 Å². The lowest BCUT2D eigenvalue weighted by Crippen LogP contribution is -2.33. The summed E-state index contributed by atoms with van der Waals surface area (Å²) in [6.07, 6.45) is 2.57. The van der Waals surface area contributed by atoms with E-state index in [4.69, 9.17) is 19.7 Å². The fraction of sp³-hybridized carbons (Fsp3) is 0.433. The summed E-state index contributed by atoms with van der Waals surface area (Å²) in [6.45, 7) is 6.90. The number of nitrogens with one attached hydrogen (secondary N) is 2. The summed E-state index contributed by atoms with van der Waals surface area (Å²) < 4.78 is 10.7. The number of pyridine rings is 1. The molecule has 216 valence electrons. The minimum atomic E-state index is -1.31. The number of H-pyrrole nitrogens is 1. The second-order valence-electron chi connectivity index (χ2n) is 9.86. The van der Waals surface area contributed by atoms with Gasteiger partial charge in [0.1, 0.15) is 12.2 Å². The Morgan fingerprint density at radius 3 is 2.15 bits per heavy atom. The van der Waals surface area contributed by atoms with Crippen LogP contribution < -0.4 is 15.6 Å². The lowest BCUT2D eigenvalue weighted by Gasteiger charge is -2.21. The van der Waals surface area contributed by atoms with Crippen LogP contribution in [-0.4, -0.2) is 58.7 Å². The second kappa shape index (κ2) is 14.1. The van der Waals surface area contributed by atoms with Crippen molar-refractivity contribution in [3.63, 3.8) is 0 Å². The first kappa shape index (κ1) is 30.8. The van der Waals surface area contributed by atoms with Gasteiger partial charge < -0.3 is 35.1 Å². The molecule has 1 aliphatic carbocycles. The molecule has 40 heavy (non-hydrogen) atoms. The monoisotopic (exact) mass is 554 g/mol. The van der Waals surface area contributed by atoms with Gasteiger partial charge in [-0.15, -0.1) is 0 Å². The summed E-state index contributed by atoms with van der Waals surface area (Å²) in [6, 6.07) is 10.1. The van der Waals surface area contributed by atoms with Gasteiger partial charge in [-0.25, -0.2) is 0 Å². The number of aliphatic hydroxyl groups excluding tert-OH is 1. The van der Waals surface area contributed by atoms with Crippen molar-refractivity contribution in [2.24, 2.45) is 0 Å². The predicted octanol–water partition coefficient (Wildman–Crippen LogP) is 3.28. The van der Waals surface area contributed by atoms with Gasteiger partial charge in [0.2, 0.25) is 5.56 Å². The number of carboxylic acids is 2. The second-order valence-corrected chi connectivity index (χ2v) is 9.86. The number of aromatic amines is 1. The maximum absolute atomic E-state index is 12.0. The molecule has 3 aromatic rings. The summed E-state index contributed by atoms with van der Waals surface area (Å²) in [4.78, 5) is 33.7. The van der Waals surface area contributed by atoms with E-state index in [1.54, 1.807) is 13.2 Å². The molecule has 10 nitrogen and oxygen atoms in total. The zero-order valence-electron chi connectivity index (χ0n) is 23.4. The van der Waals surface area contributed by atoms with Crippen LogP contribution in [0.5, 0.6) is 5.75 Å². The van der Waals surface area contributed by atoms with Crippen molar-refractivity contribution < 1.29 is 34.4 Å². The third-order valence-electron chi connectivity index (χ3n) is 7.01. The van der Waals surface area contributed by atoms with E-state index in [0.717, 1.165) is 42.2 Å². The molecular weight excluding hydrogens is 516 g/mol. The van der Waals surface area contributed by atoms with Gasteiger partial charge in [0, 0.05) is 31.1 Å². The maximum Gasteiger partial charge on any atom is 0.314 e. The molecule has 0 aliphatic heterocycles. The highest BCUT2D eigenvalue weighted by molar-refractivity contribution is 5.89. The molecule has 10 heteroatoms. The first-order valence-corrected chi connectivity index (χ1v) is 13.3. The molecule has 0 spiro atoms. The number of hydrogen-bond donors (Lipinski definition) is 5. The number of aryl methyl sites for hydroxylation is 3. The maximum atomic E-state index is 12.0. The van der Waals surface area contributed by atoms with Gasteiger partial charge in [-0.1, -0.05) is 26.0 Å². The van der Waals surface area contributed by atoms with Crippen LogP contribution in [0.2, 0.25) is 0 Å². The Hall–Kier alpha value is -3.73. The fourth-order valence-corrected chi connectivity index (χ4v) is 5.22. The predicted molar refractivity (Wildman–Crippen MR) is 151 cm³/mol. The number of benzene rings is 2. The van der Waals surface area contributed by atoms with Gasteiger partial charge in [-0.2, -0.15) is 0 Å². The molecule has 5 N–H and O–H groups in total. The molecule has 4 rings (SSSR count). The molecule has 1 heterocycles. The number of ether oxygens (including phenoxy) is 2. The molecule has 0 bridgehead atoms. The third kappa shape index (κ3) is 7.68. The summed E-state index contributed by atoms with van der Waals surface area (Å²) in [5.74, 6) is -2.09. The van der Waals surface area contributed by atoms with Crippen molar-refractivity contribution in [3.8, 4) is 5.75 Å². The minimum absolute atomic E-state index is 0.0800. The van der Waals surface area contributed by atoms with E-state index in [1.165, 1.54) is 28.3 Å². The van der Waals surface area contributed by atoms with Crippen molar-refractivity contribution in [2.75, 3.05) is 20.4 Å². The SMILES string of the molecule is CCc1cc2c(cc1CC)CC(NCC(O)c1c(C)cc(OCOC)c3[nH]c(=O)ccc13)C2.O=C(O)CC(=O)O. The molecule has 0 radical (unpaired) electrons. The Bertz CT molecular complexity index is 1370. The lowest BCUT2D eigenvalue weighted by molar-refractivity contribution is -0.147. The number of aliphatic hydroxyl groups is 1. The average molecular weight is 555 g/mol. The van der Waals surface area contributed by atoms with Gasteiger partial charge in [-0.05, 0) is 78.1 Å². The summed E-state index contributed by atoms with van der Waals surface area (Å²) in [5, 5.41) is 30.9. The number of hydrogen-bond acceptors (Lipinski definition) is 7. The van der Waals surface area contributed by atoms with Gasteiger partial charge in [0.25, 0.3) is 0 Å². The summed E-state index contributed by atoms with van der Waals surface area (Å²) >= 11 is 0. The average Bonchev–Trinajstić information content (AvgIpc) is 3.31. The number of rotatable bonds is 11. The zero-order chi connectivity index (χ0) is 29.4. The zero-order valence-corrected chi connectivity index (χ0v) is 23.4. The molecule has 1 aromatic heterocycles. The Labute approximate surface area is 233 Å². The normalized spacial score (nSPS) is 13.4. The molecule has 0 fully saturated rings. The Morgan fingerprint density at radius 2 is 1.65 bits per heavy atom. The molecule has 2 aromatic carbocycles. The standard InChI is InChI=1S/C27H34N2O4.C3H4O4/c1-5-17-10-19-12-21(13-20(19)11-18(17)6-2)28-14-23(30)26-16(3)9-24(33-15-32-4)27-22(26)7-8-25(31)29-27;4-2(5)1-3(6)7/h7-11,21,23,28,30H,5-6,12-15H2,1-4H3,(H,29,31);1H2,(H,4,5)(H,6,7). The minimum Gasteiger partial charge on any atom is -0.481 e. The molecular formula is C30H38N2O8. The fourth-order valence-electron chi connectivity index (χ4n) is 5.22. The van der Waals surface area contributed by atoms with E-state index in [0.29, 0.717) is 23.9 Å². The molecule has 0 amide bonds. The van der Waals surface area contributed by atoms with Crippen LogP contribution in [0.25, 0.3) is 10.9 Å². The smallest absolute Gasteiger partial charge is 0.314 e. The van der Waals surface area contributed by atoms with Crippen LogP contribution in [0.3, 0.4) is 0 Å². The highest BCUT2D eigenvalue weighted by atomic mass is 16.7. The van der Waals surface area contributed by atoms with Gasteiger partial charge >= 0.3 is 11.9 Å². The number of carboxylic acid groups (broad SMARTS) is 2. The van der Waals surface area contributed by atoms with Crippen molar-refractivity contribution in [3.05, 3.63) is 74.1 Å². The van der Waals surface area contributed by atoms with Crippen LogP contribution in [-0.2, 0) is 40.0 Å². The number of fused-ring (bicyclic) bond motifs is 2. The van der Waals surface area contributed by atoms with Crippen LogP contribution in [0.1, 0.15) is 59.8 Å². The first-order chi connectivity index (χ1) is 19.1. The van der Waals surface area contributed by atoms with Crippen molar-refractivity contribution in [1.29, 1.82) is 0 Å². The molecule has 1 atom stereocenters. The quantitative estimate of drug-likeness (QED) is 0.177. The van der Waals surface area contributed by atoms with E-state index < -0.39 is 24.5 Å². The van der Waals surface area contributed by atoms with Gasteiger partial charge in [0.05, 0.1) is 11.6 Å². The van der Waals surface area contributed by atoms with Gasteiger partial charge in [0.15, 0.2) is 6.79 Å². The van der Waals surface area contributed by atoms with Crippen molar-refractivity contribution in [1.82, 2.24) is 10.3 Å². The highest BCUT2D eigenvalue weighted by Gasteiger charge is 2.24. The molecule has 1 aliphatic rings. The summed E-state index contributed by atoms with van der Waals surface area (Å²) in [5.41, 5.74) is 7.82. The van der Waals surface area contributed by atoms with Crippen LogP contribution in [0.15, 0.2) is 35.1 Å². The lowest BCUT2D eigenvalue weighted by atomic mass is 9.97. The topological polar surface area (TPSA) is 158 Å². The number of aliphatic carboxylic acids is 2. The van der Waals surface area contributed by atoms with Crippen LogP contribution >= 0.6 is 0 Å². The number of aromatic nitrogens is 1. The molecule has 0 saturated heterocycles. The Morgan fingerprint density at radius 1 is 1.05 bits per heavy atom. The number of carbonyl (C=O) groups is 2. The van der Waals surface area contributed by atoms with E-state index >= 15 is 0 Å². The first-order valence-electron chi connectivity index (χ1n) is 13.3. The molecule has 1 unspecified atom stereocenters. The number of methoxy groups -OCH3 is 1. The Kier molecular flexibility index (Phi) is 10.8. The van der Waals surface area contributed by atoms with Crippen LogP contribution in [0, 0.1) is 6.92 Å². The molecule has 0 saturated carbocycles. The van der Waals surface area contributed by atoms with Crippen molar-refractivity contribution >= 4 is 22.8 Å². The highest BCUT2D eigenvalue weighted by Crippen LogP contribution is 2.33. The van der Waals surface area contributed by atoms with E-state index in [-0.39, 0.29) is 12.4 Å². The van der Waals surface area contributed by atoms with Crippen molar-refractivity contribution in [2.45, 2.75) is 65.0 Å². The third-order valence-corrected chi connectivity index (χ3v) is 7.01. The van der Waals surface area contributed by atoms with E-state index in [9.17, 15) is 19.5 Å². The van der Waals surface area contributed by atoms with E-state index in [2.05, 4.69) is 36.3 Å². The largest absolute Gasteiger partial charge is 0.481 e.